The van der Waals surface area contributed by atoms with Crippen molar-refractivity contribution in [1.82, 2.24) is 4.98 Å². The molecule has 1 aromatic rings. The molecule has 1 N–H and O–H groups in total. The summed E-state index contributed by atoms with van der Waals surface area (Å²) in [5.74, 6) is 0. The summed E-state index contributed by atoms with van der Waals surface area (Å²) in [6, 6.07) is 1.89. The van der Waals surface area contributed by atoms with E-state index in [2.05, 4.69) is 10.3 Å². The molecule has 0 atom stereocenters. The molecule has 0 aromatic carbocycles. The number of rotatable bonds is 2. The van der Waals surface area contributed by atoms with E-state index in [9.17, 15) is 18.1 Å². The fraction of sp³-hybridized carbons (Fsp3) is 0.143. The first-order valence-corrected chi connectivity index (χ1v) is 3.54. The zero-order valence-corrected chi connectivity index (χ0v) is 7.04. The second-order valence-corrected chi connectivity index (χ2v) is 2.43. The van der Waals surface area contributed by atoms with Gasteiger partial charge in [0.25, 0.3) is 0 Å². The maximum atomic E-state index is 12.3. The van der Waals surface area contributed by atoms with Crippen LogP contribution in [0.2, 0.25) is 0 Å². The Bertz CT molecular complexity index is 423. The summed E-state index contributed by atoms with van der Waals surface area (Å²) >= 11 is 0. The van der Waals surface area contributed by atoms with Gasteiger partial charge in [-0.05, 0) is 6.07 Å². The predicted molar refractivity (Wildman–Crippen MR) is 43.4 cm³/mol. The summed E-state index contributed by atoms with van der Waals surface area (Å²) in [6.45, 7) is 0. The highest BCUT2D eigenvalue weighted by molar-refractivity contribution is 5.47. The van der Waals surface area contributed by atoms with Gasteiger partial charge in [-0.15, -0.1) is 4.91 Å². The van der Waals surface area contributed by atoms with Gasteiger partial charge < -0.3 is 0 Å². The quantitative estimate of drug-likeness (QED) is 0.606. The molecule has 0 aliphatic heterocycles. The number of alkyl halides is 3. The zero-order chi connectivity index (χ0) is 11.5. The lowest BCUT2D eigenvalue weighted by Crippen LogP contribution is -2.09. The van der Waals surface area contributed by atoms with Gasteiger partial charge in [-0.1, -0.05) is 0 Å². The number of pyridine rings is 1. The molecule has 0 saturated carbocycles. The number of nitrogens with one attached hydrogen (secondary N) is 1. The largest absolute Gasteiger partial charge is 0.419 e. The van der Waals surface area contributed by atoms with Crippen LogP contribution >= 0.6 is 0 Å². The number of nitriles is 1. The third-order valence-corrected chi connectivity index (χ3v) is 1.47. The second-order valence-electron chi connectivity index (χ2n) is 2.43. The van der Waals surface area contributed by atoms with Crippen LogP contribution in [0.15, 0.2) is 17.5 Å². The van der Waals surface area contributed by atoms with Gasteiger partial charge in [0.05, 0.1) is 22.7 Å². The molecule has 1 heterocycles. The van der Waals surface area contributed by atoms with Crippen molar-refractivity contribution in [2.75, 3.05) is 5.43 Å². The van der Waals surface area contributed by atoms with E-state index in [-0.39, 0.29) is 5.69 Å². The number of hydrogen-bond donors (Lipinski definition) is 1. The van der Waals surface area contributed by atoms with Crippen LogP contribution in [-0.2, 0) is 6.18 Å². The summed E-state index contributed by atoms with van der Waals surface area (Å²) < 4.78 is 37.0. The van der Waals surface area contributed by atoms with Crippen molar-refractivity contribution in [3.8, 4) is 6.07 Å². The number of aromatic nitrogens is 1. The van der Waals surface area contributed by atoms with Gasteiger partial charge in [0.2, 0.25) is 0 Å². The number of hydrogen-bond acceptors (Lipinski definition) is 4. The van der Waals surface area contributed by atoms with Gasteiger partial charge in [-0.2, -0.15) is 18.4 Å². The highest BCUT2D eigenvalue weighted by Gasteiger charge is 2.34. The molecule has 0 aliphatic carbocycles. The number of halogens is 3. The van der Waals surface area contributed by atoms with E-state index in [1.807, 2.05) is 0 Å². The lowest BCUT2D eigenvalue weighted by molar-refractivity contribution is -0.138. The smallest absolute Gasteiger partial charge is 0.243 e. The van der Waals surface area contributed by atoms with E-state index in [0.717, 1.165) is 6.20 Å². The maximum Gasteiger partial charge on any atom is 0.419 e. The molecule has 0 amide bonds. The van der Waals surface area contributed by atoms with Crippen molar-refractivity contribution in [3.63, 3.8) is 0 Å². The third-order valence-electron chi connectivity index (χ3n) is 1.47. The average molecular weight is 216 g/mol. The Kier molecular flexibility index (Phi) is 2.85. The van der Waals surface area contributed by atoms with Crippen molar-refractivity contribution in [2.45, 2.75) is 6.18 Å². The maximum absolute atomic E-state index is 12.3. The van der Waals surface area contributed by atoms with Gasteiger partial charge in [-0.3, -0.25) is 0 Å². The minimum atomic E-state index is -4.70. The van der Waals surface area contributed by atoms with E-state index < -0.39 is 17.4 Å². The van der Waals surface area contributed by atoms with Crippen molar-refractivity contribution in [1.29, 1.82) is 5.26 Å². The van der Waals surface area contributed by atoms with Crippen LogP contribution in [0.5, 0.6) is 0 Å². The van der Waals surface area contributed by atoms with Crippen molar-refractivity contribution in [3.05, 3.63) is 28.4 Å². The fourth-order valence-corrected chi connectivity index (χ4v) is 0.884. The number of nitroso groups, excluding NO2 is 1. The number of nitrogens with zero attached hydrogens (tertiary/aromatic N) is 3. The van der Waals surface area contributed by atoms with Crippen LogP contribution in [-0.4, -0.2) is 4.98 Å². The van der Waals surface area contributed by atoms with Gasteiger partial charge in [0, 0.05) is 0 Å². The molecule has 0 fully saturated rings. The minimum Gasteiger partial charge on any atom is -0.243 e. The molecule has 0 bridgehead atoms. The van der Waals surface area contributed by atoms with Crippen LogP contribution in [0.1, 0.15) is 11.3 Å². The van der Waals surface area contributed by atoms with Crippen molar-refractivity contribution >= 4 is 5.69 Å². The lowest BCUT2D eigenvalue weighted by atomic mass is 10.2. The van der Waals surface area contributed by atoms with E-state index in [1.165, 1.54) is 6.07 Å². The minimum absolute atomic E-state index is 0.226. The highest BCUT2D eigenvalue weighted by atomic mass is 19.4. The van der Waals surface area contributed by atoms with Crippen molar-refractivity contribution < 1.29 is 13.2 Å². The van der Waals surface area contributed by atoms with Crippen LogP contribution in [0.4, 0.5) is 18.9 Å². The summed E-state index contributed by atoms with van der Waals surface area (Å²) in [4.78, 5) is 13.0. The average Bonchev–Trinajstić information content (AvgIpc) is 2.17. The standard InChI is InChI=1S/C7H3F3N4O/c8-7(9,10)5-1-4(13-14-15)3-12-6(5)2-11/h1,3H,(H,13,15). The predicted octanol–water partition coefficient (Wildman–Crippen LogP) is 2.07. The molecule has 0 radical (unpaired) electrons. The Morgan fingerprint density at radius 2 is 2.20 bits per heavy atom. The molecule has 0 aliphatic rings. The van der Waals surface area contributed by atoms with Gasteiger partial charge in [0.15, 0.2) is 5.69 Å². The summed E-state index contributed by atoms with van der Waals surface area (Å²) in [6.07, 6.45) is -3.78. The lowest BCUT2D eigenvalue weighted by Gasteiger charge is -2.08. The molecule has 78 valence electrons. The number of anilines is 1. The fourth-order valence-electron chi connectivity index (χ4n) is 0.884. The SMILES string of the molecule is N#Cc1ncc(NN=O)cc1C(F)(F)F. The summed E-state index contributed by atoms with van der Waals surface area (Å²) in [7, 11) is 0. The van der Waals surface area contributed by atoms with Crippen LogP contribution in [0.25, 0.3) is 0 Å². The van der Waals surface area contributed by atoms with Crippen LogP contribution in [0, 0.1) is 16.2 Å². The molecule has 8 heteroatoms. The molecular weight excluding hydrogens is 213 g/mol. The van der Waals surface area contributed by atoms with Gasteiger partial charge >= 0.3 is 6.18 Å². The van der Waals surface area contributed by atoms with E-state index in [1.54, 1.807) is 5.43 Å². The third kappa shape index (κ3) is 2.40. The molecule has 5 nitrogen and oxygen atoms in total. The van der Waals surface area contributed by atoms with Gasteiger partial charge in [-0.25, -0.2) is 10.4 Å². The van der Waals surface area contributed by atoms with Crippen molar-refractivity contribution in [2.24, 2.45) is 5.29 Å². The topological polar surface area (TPSA) is 78.1 Å². The summed E-state index contributed by atoms with van der Waals surface area (Å²) in [5.41, 5.74) is -0.417. The second kappa shape index (κ2) is 3.91. The molecular formula is C7H3F3N4O. The highest BCUT2D eigenvalue weighted by Crippen LogP contribution is 2.32. The first-order chi connectivity index (χ1) is 6.99. The Morgan fingerprint density at radius 1 is 1.53 bits per heavy atom. The first kappa shape index (κ1) is 10.9. The van der Waals surface area contributed by atoms with Crippen LogP contribution in [0.3, 0.4) is 0 Å². The Hall–Kier alpha value is -2.17. The normalized spacial score (nSPS) is 10.5. The zero-order valence-electron chi connectivity index (χ0n) is 7.04. The Labute approximate surface area is 81.5 Å². The van der Waals surface area contributed by atoms with E-state index in [0.29, 0.717) is 6.07 Å². The van der Waals surface area contributed by atoms with E-state index in [4.69, 9.17) is 5.26 Å². The summed E-state index contributed by atoms with van der Waals surface area (Å²) in [5, 5.41) is 10.6. The molecule has 1 rings (SSSR count). The molecule has 0 unspecified atom stereocenters. The molecule has 0 spiro atoms. The van der Waals surface area contributed by atoms with Crippen LogP contribution < -0.4 is 5.43 Å². The van der Waals surface area contributed by atoms with E-state index >= 15 is 0 Å². The Morgan fingerprint density at radius 3 is 2.67 bits per heavy atom. The monoisotopic (exact) mass is 216 g/mol. The van der Waals surface area contributed by atoms with Gasteiger partial charge in [0.1, 0.15) is 6.07 Å². The molecule has 1 aromatic heterocycles. The first-order valence-electron chi connectivity index (χ1n) is 3.54. The Balaban J connectivity index is 3.27. The molecule has 0 saturated heterocycles. The molecule has 15 heavy (non-hydrogen) atoms.